The Labute approximate surface area is 283 Å². The number of benzene rings is 5. The van der Waals surface area contributed by atoms with E-state index in [2.05, 4.69) is 10.6 Å². The summed E-state index contributed by atoms with van der Waals surface area (Å²) in [4.78, 5) is 26.2. The molecule has 0 spiro atoms. The fraction of sp³-hybridized carbons (Fsp3) is 0.128. The molecule has 2 amide bonds. The number of para-hydroxylation sites is 1. The molecule has 0 radical (unpaired) electrons. The third-order valence-electron chi connectivity index (χ3n) is 8.19. The van der Waals surface area contributed by atoms with Crippen molar-refractivity contribution in [1.82, 2.24) is 5.32 Å². The van der Waals surface area contributed by atoms with Crippen LogP contribution in [0.4, 0.5) is 10.1 Å². The van der Waals surface area contributed by atoms with Crippen LogP contribution in [0.1, 0.15) is 21.5 Å². The molecular formula is C39H33FN2O6S. The molecule has 0 aliphatic rings. The van der Waals surface area contributed by atoms with E-state index in [1.54, 1.807) is 36.4 Å². The second-order valence-electron chi connectivity index (χ2n) is 11.8. The van der Waals surface area contributed by atoms with Gasteiger partial charge in [-0.3, -0.25) is 14.1 Å². The highest BCUT2D eigenvalue weighted by molar-refractivity contribution is 7.85. The van der Waals surface area contributed by atoms with Crippen LogP contribution < -0.4 is 10.6 Å². The number of furan rings is 1. The zero-order valence-electron chi connectivity index (χ0n) is 26.3. The minimum atomic E-state index is -4.19. The number of fused-ring (bicyclic) bond motifs is 1. The quantitative estimate of drug-likeness (QED) is 0.115. The maximum atomic E-state index is 13.8. The van der Waals surface area contributed by atoms with Crippen molar-refractivity contribution >= 4 is 38.6 Å². The minimum Gasteiger partial charge on any atom is -0.456 e. The third kappa shape index (κ3) is 8.86. The average Bonchev–Trinajstić information content (AvgIpc) is 3.53. The molecule has 3 N–H and O–H groups in total. The van der Waals surface area contributed by atoms with Crippen molar-refractivity contribution in [2.24, 2.45) is 5.92 Å². The lowest BCUT2D eigenvalue weighted by atomic mass is 9.90. The largest absolute Gasteiger partial charge is 0.456 e. The summed E-state index contributed by atoms with van der Waals surface area (Å²) in [5.74, 6) is -1.27. The Morgan fingerprint density at radius 1 is 0.735 bits per heavy atom. The number of hydrogen-bond donors (Lipinski definition) is 3. The number of nitrogens with one attached hydrogen (secondary N) is 2. The molecule has 0 aliphatic carbocycles. The van der Waals surface area contributed by atoms with Crippen LogP contribution in [-0.2, 0) is 27.8 Å². The highest BCUT2D eigenvalue weighted by Crippen LogP contribution is 2.29. The summed E-state index contributed by atoms with van der Waals surface area (Å²) in [6.45, 7) is -0.221. The lowest BCUT2D eigenvalue weighted by Gasteiger charge is -2.18. The summed E-state index contributed by atoms with van der Waals surface area (Å²) in [5.41, 5.74) is 6.23. The summed E-state index contributed by atoms with van der Waals surface area (Å²) in [7, 11) is -4.19. The van der Waals surface area contributed by atoms with Gasteiger partial charge in [-0.1, -0.05) is 66.7 Å². The summed E-state index contributed by atoms with van der Waals surface area (Å²) >= 11 is 0. The summed E-state index contributed by atoms with van der Waals surface area (Å²) in [6, 6.07) is 38.1. The van der Waals surface area contributed by atoms with Gasteiger partial charge in [-0.2, -0.15) is 8.42 Å². The standard InChI is InChI=1S/C39H33FN2O6S/c40-34-17-13-29(14-18-34)28-9-5-26(6-10-28)23-33(24-27-7-11-31(12-8-27)38(43)41-21-22-49(45,46)47)39(44)42-35-19-15-30(16-20-35)37-25-32-3-1-2-4-36(32)48-37/h1-20,25,33H,21-24H2,(H,41,43)(H,42,44)(H,45,46,47). The highest BCUT2D eigenvalue weighted by Gasteiger charge is 2.21. The van der Waals surface area contributed by atoms with Gasteiger partial charge < -0.3 is 15.1 Å². The molecular weight excluding hydrogens is 644 g/mol. The first-order valence-electron chi connectivity index (χ1n) is 15.7. The Kier molecular flexibility index (Phi) is 9.98. The second-order valence-corrected chi connectivity index (χ2v) is 13.3. The lowest BCUT2D eigenvalue weighted by molar-refractivity contribution is -0.119. The second kappa shape index (κ2) is 14.7. The van der Waals surface area contributed by atoms with E-state index in [-0.39, 0.29) is 18.3 Å². The molecule has 6 aromatic rings. The first-order valence-corrected chi connectivity index (χ1v) is 17.3. The molecule has 0 aliphatic heterocycles. The van der Waals surface area contributed by atoms with E-state index in [0.29, 0.717) is 24.1 Å². The van der Waals surface area contributed by atoms with Gasteiger partial charge in [0.25, 0.3) is 16.0 Å². The number of halogens is 1. The first kappa shape index (κ1) is 33.3. The molecule has 1 atom stereocenters. The molecule has 248 valence electrons. The molecule has 0 fully saturated rings. The number of rotatable bonds is 12. The highest BCUT2D eigenvalue weighted by atomic mass is 32.2. The van der Waals surface area contributed by atoms with Crippen LogP contribution in [-0.4, -0.2) is 37.1 Å². The number of amides is 2. The molecule has 49 heavy (non-hydrogen) atoms. The average molecular weight is 677 g/mol. The van der Waals surface area contributed by atoms with Crippen LogP contribution >= 0.6 is 0 Å². The lowest BCUT2D eigenvalue weighted by Crippen LogP contribution is -2.29. The maximum Gasteiger partial charge on any atom is 0.266 e. The topological polar surface area (TPSA) is 126 Å². The molecule has 8 nitrogen and oxygen atoms in total. The number of hydrogen-bond acceptors (Lipinski definition) is 5. The molecule has 0 saturated heterocycles. The van der Waals surface area contributed by atoms with E-state index in [1.807, 2.05) is 78.9 Å². The Morgan fingerprint density at radius 2 is 1.31 bits per heavy atom. The monoisotopic (exact) mass is 676 g/mol. The van der Waals surface area contributed by atoms with Gasteiger partial charge in [0.15, 0.2) is 0 Å². The van der Waals surface area contributed by atoms with Crippen molar-refractivity contribution in [2.45, 2.75) is 12.8 Å². The van der Waals surface area contributed by atoms with E-state index in [9.17, 15) is 22.4 Å². The van der Waals surface area contributed by atoms with Gasteiger partial charge >= 0.3 is 0 Å². The minimum absolute atomic E-state index is 0.175. The number of anilines is 1. The van der Waals surface area contributed by atoms with Crippen molar-refractivity contribution < 1.29 is 31.4 Å². The molecule has 0 bridgehead atoms. The Morgan fingerprint density at radius 3 is 1.92 bits per heavy atom. The predicted molar refractivity (Wildman–Crippen MR) is 188 cm³/mol. The van der Waals surface area contributed by atoms with Crippen LogP contribution in [0.3, 0.4) is 0 Å². The first-order chi connectivity index (χ1) is 23.6. The zero-order chi connectivity index (χ0) is 34.4. The molecule has 1 heterocycles. The summed E-state index contributed by atoms with van der Waals surface area (Å²) in [5, 5.41) is 6.53. The molecule has 1 unspecified atom stereocenters. The number of carbonyl (C=O) groups excluding carboxylic acids is 2. The van der Waals surface area contributed by atoms with E-state index in [4.69, 9.17) is 8.97 Å². The SMILES string of the molecule is O=C(NCCS(=O)(=O)O)c1ccc(CC(Cc2ccc(-c3ccc(F)cc3)cc2)C(=O)Nc2ccc(-c3cc4ccccc4o3)cc2)cc1. The molecule has 6 rings (SSSR count). The van der Waals surface area contributed by atoms with Gasteiger partial charge in [0.05, 0.1) is 5.75 Å². The van der Waals surface area contributed by atoms with E-state index >= 15 is 0 Å². The smallest absolute Gasteiger partial charge is 0.266 e. The third-order valence-corrected chi connectivity index (χ3v) is 8.91. The van der Waals surface area contributed by atoms with Gasteiger partial charge in [0, 0.05) is 34.7 Å². The van der Waals surface area contributed by atoms with E-state index in [1.165, 1.54) is 12.1 Å². The fourth-order valence-electron chi connectivity index (χ4n) is 5.58. The van der Waals surface area contributed by atoms with Gasteiger partial charge in [-0.05, 0) is 95.8 Å². The van der Waals surface area contributed by atoms with Gasteiger partial charge in [0.1, 0.15) is 17.2 Å². The Balaban J connectivity index is 1.17. The van der Waals surface area contributed by atoms with Crippen molar-refractivity contribution in [1.29, 1.82) is 0 Å². The van der Waals surface area contributed by atoms with Gasteiger partial charge in [0.2, 0.25) is 5.91 Å². The van der Waals surface area contributed by atoms with Crippen LogP contribution in [0.5, 0.6) is 0 Å². The van der Waals surface area contributed by atoms with Crippen molar-refractivity contribution in [3.63, 3.8) is 0 Å². The number of carbonyl (C=O) groups is 2. The molecule has 10 heteroatoms. The predicted octanol–water partition coefficient (Wildman–Crippen LogP) is 7.56. The van der Waals surface area contributed by atoms with Crippen LogP contribution in [0.15, 0.2) is 132 Å². The summed E-state index contributed by atoms with van der Waals surface area (Å²) < 4.78 is 50.2. The molecule has 1 aromatic heterocycles. The normalized spacial score (nSPS) is 12.0. The van der Waals surface area contributed by atoms with Crippen LogP contribution in [0.2, 0.25) is 0 Å². The molecule has 0 saturated carbocycles. The molecule has 5 aromatic carbocycles. The van der Waals surface area contributed by atoms with Crippen molar-refractivity contribution in [2.75, 3.05) is 17.6 Å². The fourth-order valence-corrected chi connectivity index (χ4v) is 5.94. The maximum absolute atomic E-state index is 13.8. The van der Waals surface area contributed by atoms with E-state index < -0.39 is 27.7 Å². The van der Waals surface area contributed by atoms with Crippen molar-refractivity contribution in [3.05, 3.63) is 150 Å². The van der Waals surface area contributed by atoms with Crippen LogP contribution in [0.25, 0.3) is 33.4 Å². The van der Waals surface area contributed by atoms with Crippen LogP contribution in [0, 0.1) is 11.7 Å². The van der Waals surface area contributed by atoms with Crippen molar-refractivity contribution in [3.8, 4) is 22.5 Å². The summed E-state index contributed by atoms with van der Waals surface area (Å²) in [6.07, 6.45) is 0.817. The van der Waals surface area contributed by atoms with Gasteiger partial charge in [-0.25, -0.2) is 4.39 Å². The van der Waals surface area contributed by atoms with Gasteiger partial charge in [-0.15, -0.1) is 0 Å². The Hall–Kier alpha value is -5.58. The van der Waals surface area contributed by atoms with E-state index in [0.717, 1.165) is 44.5 Å². The Bertz CT molecular complexity index is 2150. The zero-order valence-corrected chi connectivity index (χ0v) is 27.1.